The van der Waals surface area contributed by atoms with Crippen molar-refractivity contribution in [2.24, 2.45) is 5.41 Å². The molecule has 2 rings (SSSR count). The molecule has 0 amide bonds. The Bertz CT molecular complexity index is 334. The van der Waals surface area contributed by atoms with Crippen molar-refractivity contribution in [1.29, 1.82) is 0 Å². The molecule has 0 bridgehead atoms. The third kappa shape index (κ3) is 1.68. The fourth-order valence-electron chi connectivity index (χ4n) is 2.40. The molecule has 0 aliphatic carbocycles. The number of benzene rings is 1. The highest BCUT2D eigenvalue weighted by Crippen LogP contribution is 2.43. The van der Waals surface area contributed by atoms with Crippen molar-refractivity contribution >= 4 is 0 Å². The van der Waals surface area contributed by atoms with Crippen molar-refractivity contribution in [3.05, 3.63) is 35.9 Å². The second-order valence-corrected chi connectivity index (χ2v) is 5.04. The van der Waals surface area contributed by atoms with Crippen molar-refractivity contribution in [1.82, 2.24) is 5.32 Å². The Kier molecular flexibility index (Phi) is 2.57. The first kappa shape index (κ1) is 10.7. The van der Waals surface area contributed by atoms with E-state index in [9.17, 15) is 5.11 Å². The molecule has 0 radical (unpaired) electrons. The van der Waals surface area contributed by atoms with Gasteiger partial charge in [-0.1, -0.05) is 44.2 Å². The van der Waals surface area contributed by atoms with E-state index >= 15 is 0 Å². The lowest BCUT2D eigenvalue weighted by atomic mass is 9.67. The average molecular weight is 205 g/mol. The highest BCUT2D eigenvalue weighted by molar-refractivity contribution is 5.26. The van der Waals surface area contributed by atoms with Gasteiger partial charge in [0.1, 0.15) is 0 Å². The molecule has 1 aromatic rings. The van der Waals surface area contributed by atoms with Crippen molar-refractivity contribution < 1.29 is 5.11 Å². The Morgan fingerprint density at radius 1 is 1.20 bits per heavy atom. The predicted molar refractivity (Wildman–Crippen MR) is 61.6 cm³/mol. The van der Waals surface area contributed by atoms with Gasteiger partial charge in [-0.2, -0.15) is 0 Å². The Morgan fingerprint density at radius 2 is 1.87 bits per heavy atom. The molecule has 1 atom stereocenters. The summed E-state index contributed by atoms with van der Waals surface area (Å²) in [5.74, 6) is 0. The largest absolute Gasteiger partial charge is 0.385 e. The van der Waals surface area contributed by atoms with Gasteiger partial charge in [0.2, 0.25) is 0 Å². The van der Waals surface area contributed by atoms with Crippen LogP contribution in [0.3, 0.4) is 0 Å². The predicted octanol–water partition coefficient (Wildman–Crippen LogP) is 1.89. The standard InChI is InChI=1S/C13H19NO/c1-12(2)10-14-9-8-13(12,15)11-6-4-3-5-7-11/h3-7,14-15H,8-10H2,1-2H3. The summed E-state index contributed by atoms with van der Waals surface area (Å²) in [5.41, 5.74) is 0.225. The summed E-state index contributed by atoms with van der Waals surface area (Å²) in [7, 11) is 0. The van der Waals surface area contributed by atoms with Gasteiger partial charge in [0, 0.05) is 12.0 Å². The molecule has 0 spiro atoms. The number of hydrogen-bond acceptors (Lipinski definition) is 2. The van der Waals surface area contributed by atoms with Crippen LogP contribution in [0.15, 0.2) is 30.3 Å². The van der Waals surface area contributed by atoms with E-state index in [0.29, 0.717) is 0 Å². The molecule has 2 nitrogen and oxygen atoms in total. The lowest BCUT2D eigenvalue weighted by Crippen LogP contribution is -2.53. The molecule has 1 aliphatic heterocycles. The minimum atomic E-state index is -0.695. The van der Waals surface area contributed by atoms with Crippen molar-refractivity contribution in [3.8, 4) is 0 Å². The minimum absolute atomic E-state index is 0.118. The molecule has 1 aromatic carbocycles. The molecule has 1 heterocycles. The summed E-state index contributed by atoms with van der Waals surface area (Å²) >= 11 is 0. The van der Waals surface area contributed by atoms with Crippen LogP contribution in [0.1, 0.15) is 25.8 Å². The van der Waals surface area contributed by atoms with E-state index in [1.165, 1.54) is 0 Å². The minimum Gasteiger partial charge on any atom is -0.385 e. The summed E-state index contributed by atoms with van der Waals surface area (Å²) in [6.45, 7) is 5.98. The van der Waals surface area contributed by atoms with Crippen LogP contribution in [0, 0.1) is 5.41 Å². The lowest BCUT2D eigenvalue weighted by molar-refractivity contribution is -0.0944. The van der Waals surface area contributed by atoms with Crippen LogP contribution in [-0.4, -0.2) is 18.2 Å². The van der Waals surface area contributed by atoms with Crippen LogP contribution in [0.2, 0.25) is 0 Å². The molecule has 1 aliphatic rings. The van der Waals surface area contributed by atoms with E-state index in [1.807, 2.05) is 30.3 Å². The molecule has 1 unspecified atom stereocenters. The second kappa shape index (κ2) is 3.62. The van der Waals surface area contributed by atoms with Gasteiger partial charge in [-0.05, 0) is 18.5 Å². The summed E-state index contributed by atoms with van der Waals surface area (Å²) in [6.07, 6.45) is 0.782. The third-order valence-corrected chi connectivity index (χ3v) is 3.60. The first-order valence-corrected chi connectivity index (χ1v) is 5.55. The Hall–Kier alpha value is -0.860. The molecule has 82 valence electrons. The smallest absolute Gasteiger partial charge is 0.0971 e. The molecule has 1 saturated heterocycles. The van der Waals surface area contributed by atoms with Gasteiger partial charge in [-0.15, -0.1) is 0 Å². The highest BCUT2D eigenvalue weighted by atomic mass is 16.3. The SMILES string of the molecule is CC1(C)CNCCC1(O)c1ccccc1. The maximum atomic E-state index is 10.8. The summed E-state index contributed by atoms with van der Waals surface area (Å²) in [5, 5.41) is 14.2. The topological polar surface area (TPSA) is 32.3 Å². The first-order chi connectivity index (χ1) is 7.06. The van der Waals surface area contributed by atoms with Gasteiger partial charge < -0.3 is 10.4 Å². The Labute approximate surface area is 91.3 Å². The first-order valence-electron chi connectivity index (χ1n) is 5.55. The molecular weight excluding hydrogens is 186 g/mol. The zero-order chi connectivity index (χ0) is 10.9. The molecule has 1 fully saturated rings. The quantitative estimate of drug-likeness (QED) is 0.734. The number of nitrogens with one attached hydrogen (secondary N) is 1. The number of rotatable bonds is 1. The average Bonchev–Trinajstić information content (AvgIpc) is 2.24. The van der Waals surface area contributed by atoms with Gasteiger partial charge in [-0.3, -0.25) is 0 Å². The van der Waals surface area contributed by atoms with Gasteiger partial charge in [0.25, 0.3) is 0 Å². The second-order valence-electron chi connectivity index (χ2n) is 5.04. The summed E-state index contributed by atoms with van der Waals surface area (Å²) in [6, 6.07) is 10.0. The Balaban J connectivity index is 2.40. The zero-order valence-corrected chi connectivity index (χ0v) is 9.46. The molecule has 0 saturated carbocycles. The van der Waals surface area contributed by atoms with E-state index in [1.54, 1.807) is 0 Å². The van der Waals surface area contributed by atoms with Crippen molar-refractivity contribution in [3.63, 3.8) is 0 Å². The highest BCUT2D eigenvalue weighted by Gasteiger charge is 2.46. The lowest BCUT2D eigenvalue weighted by Gasteiger charge is -2.47. The summed E-state index contributed by atoms with van der Waals surface area (Å²) < 4.78 is 0. The molecule has 2 heteroatoms. The van der Waals surface area contributed by atoms with E-state index in [4.69, 9.17) is 0 Å². The van der Waals surface area contributed by atoms with Crippen LogP contribution in [0.4, 0.5) is 0 Å². The number of aliphatic hydroxyl groups is 1. The van der Waals surface area contributed by atoms with Gasteiger partial charge in [0.05, 0.1) is 5.60 Å². The van der Waals surface area contributed by atoms with E-state index in [2.05, 4.69) is 19.2 Å². The zero-order valence-electron chi connectivity index (χ0n) is 9.46. The van der Waals surface area contributed by atoms with Crippen molar-refractivity contribution in [2.75, 3.05) is 13.1 Å². The number of piperidine rings is 1. The van der Waals surface area contributed by atoms with Gasteiger partial charge >= 0.3 is 0 Å². The third-order valence-electron chi connectivity index (χ3n) is 3.60. The molecular formula is C13H19NO. The van der Waals surface area contributed by atoms with Gasteiger partial charge in [0.15, 0.2) is 0 Å². The molecule has 15 heavy (non-hydrogen) atoms. The van der Waals surface area contributed by atoms with Crippen LogP contribution >= 0.6 is 0 Å². The van der Waals surface area contributed by atoms with Crippen LogP contribution in [-0.2, 0) is 5.60 Å². The molecule has 0 aromatic heterocycles. The van der Waals surface area contributed by atoms with E-state index in [0.717, 1.165) is 25.1 Å². The molecule has 2 N–H and O–H groups in total. The maximum Gasteiger partial charge on any atom is 0.0971 e. The van der Waals surface area contributed by atoms with Crippen molar-refractivity contribution in [2.45, 2.75) is 25.9 Å². The fraction of sp³-hybridized carbons (Fsp3) is 0.538. The Morgan fingerprint density at radius 3 is 2.47 bits per heavy atom. The van der Waals surface area contributed by atoms with Crippen LogP contribution in [0.25, 0.3) is 0 Å². The van der Waals surface area contributed by atoms with Crippen LogP contribution in [0.5, 0.6) is 0 Å². The van der Waals surface area contributed by atoms with Gasteiger partial charge in [-0.25, -0.2) is 0 Å². The monoisotopic (exact) mass is 205 g/mol. The normalized spacial score (nSPS) is 30.1. The summed E-state index contributed by atoms with van der Waals surface area (Å²) in [4.78, 5) is 0. The van der Waals surface area contributed by atoms with E-state index in [-0.39, 0.29) is 5.41 Å². The van der Waals surface area contributed by atoms with Crippen LogP contribution < -0.4 is 5.32 Å². The number of hydrogen-bond donors (Lipinski definition) is 2. The maximum absolute atomic E-state index is 10.8. The fourth-order valence-corrected chi connectivity index (χ4v) is 2.40. The van der Waals surface area contributed by atoms with E-state index < -0.39 is 5.60 Å².